The van der Waals surface area contributed by atoms with Crippen LogP contribution in [0.1, 0.15) is 5.56 Å². The highest BCUT2D eigenvalue weighted by Gasteiger charge is 2.04. The Morgan fingerprint density at radius 2 is 1.94 bits per heavy atom. The molecule has 0 aliphatic heterocycles. The highest BCUT2D eigenvalue weighted by Crippen LogP contribution is 2.32. The second kappa shape index (κ2) is 5.47. The Morgan fingerprint density at radius 3 is 2.71 bits per heavy atom. The number of phenols is 1. The summed E-state index contributed by atoms with van der Waals surface area (Å²) >= 11 is 5.16. The maximum absolute atomic E-state index is 9.70. The summed E-state index contributed by atoms with van der Waals surface area (Å²) < 4.78 is 1.06. The smallest absolute Gasteiger partial charge is 0.119 e. The van der Waals surface area contributed by atoms with Crippen LogP contribution in [0.15, 0.2) is 51.8 Å². The van der Waals surface area contributed by atoms with Gasteiger partial charge in [0.1, 0.15) is 5.75 Å². The number of halogens is 1. The van der Waals surface area contributed by atoms with E-state index in [-0.39, 0.29) is 0 Å². The van der Waals surface area contributed by atoms with E-state index in [4.69, 9.17) is 5.73 Å². The van der Waals surface area contributed by atoms with Crippen molar-refractivity contribution in [1.29, 1.82) is 0 Å². The molecule has 2 rings (SSSR count). The lowest BCUT2D eigenvalue weighted by molar-refractivity contribution is 0.471. The van der Waals surface area contributed by atoms with Crippen LogP contribution in [-0.2, 0) is 5.75 Å². The van der Waals surface area contributed by atoms with Crippen molar-refractivity contribution in [2.24, 2.45) is 0 Å². The number of anilines is 1. The zero-order valence-corrected chi connectivity index (χ0v) is 11.5. The largest absolute Gasteiger partial charge is 0.508 e. The Labute approximate surface area is 113 Å². The summed E-state index contributed by atoms with van der Waals surface area (Å²) in [7, 11) is 0. The molecule has 17 heavy (non-hydrogen) atoms. The minimum absolute atomic E-state index is 0.291. The average molecular weight is 310 g/mol. The lowest BCUT2D eigenvalue weighted by Crippen LogP contribution is -1.88. The van der Waals surface area contributed by atoms with Gasteiger partial charge in [-0.25, -0.2) is 0 Å². The second-order valence-corrected chi connectivity index (χ2v) is 5.48. The molecular formula is C13H12BrNOS. The van der Waals surface area contributed by atoms with E-state index in [2.05, 4.69) is 15.9 Å². The predicted molar refractivity (Wildman–Crippen MR) is 76.2 cm³/mol. The van der Waals surface area contributed by atoms with Crippen LogP contribution < -0.4 is 5.73 Å². The van der Waals surface area contributed by atoms with Crippen molar-refractivity contribution in [3.05, 3.63) is 52.5 Å². The number of benzene rings is 2. The molecule has 88 valence electrons. The fourth-order valence-electron chi connectivity index (χ4n) is 1.44. The van der Waals surface area contributed by atoms with Crippen LogP contribution >= 0.6 is 27.7 Å². The zero-order valence-electron chi connectivity index (χ0n) is 9.06. The fourth-order valence-corrected chi connectivity index (χ4v) is 2.99. The van der Waals surface area contributed by atoms with Crippen molar-refractivity contribution < 1.29 is 5.11 Å². The Kier molecular flexibility index (Phi) is 3.97. The van der Waals surface area contributed by atoms with Crippen LogP contribution in [0.25, 0.3) is 0 Å². The Morgan fingerprint density at radius 1 is 1.18 bits per heavy atom. The molecule has 2 nitrogen and oxygen atoms in total. The summed E-state index contributed by atoms with van der Waals surface area (Å²) in [6, 6.07) is 13.1. The normalized spacial score (nSPS) is 10.4. The summed E-state index contributed by atoms with van der Waals surface area (Å²) in [5.74, 6) is 0.984. The van der Waals surface area contributed by atoms with E-state index in [0.29, 0.717) is 17.2 Å². The van der Waals surface area contributed by atoms with Crippen molar-refractivity contribution in [1.82, 2.24) is 0 Å². The summed E-state index contributed by atoms with van der Waals surface area (Å²) in [5, 5.41) is 9.70. The molecule has 0 radical (unpaired) electrons. The Bertz CT molecular complexity index is 531. The van der Waals surface area contributed by atoms with E-state index in [1.165, 1.54) is 0 Å². The monoisotopic (exact) mass is 309 g/mol. The molecule has 0 spiro atoms. The average Bonchev–Trinajstić information content (AvgIpc) is 2.32. The SMILES string of the molecule is Nc1ccc(O)c(CSc2ccccc2Br)c1. The van der Waals surface area contributed by atoms with Crippen molar-refractivity contribution in [3.8, 4) is 5.75 Å². The van der Waals surface area contributed by atoms with Crippen LogP contribution in [0.3, 0.4) is 0 Å². The first-order valence-electron chi connectivity index (χ1n) is 5.11. The van der Waals surface area contributed by atoms with Gasteiger partial charge in [0, 0.05) is 26.4 Å². The van der Waals surface area contributed by atoms with Crippen LogP contribution in [0.5, 0.6) is 5.75 Å². The van der Waals surface area contributed by atoms with Crippen molar-refractivity contribution in [2.45, 2.75) is 10.6 Å². The van der Waals surface area contributed by atoms with Gasteiger partial charge in [0.15, 0.2) is 0 Å². The predicted octanol–water partition coefficient (Wildman–Crippen LogP) is 4.03. The number of thioether (sulfide) groups is 1. The molecule has 0 saturated heterocycles. The second-order valence-electron chi connectivity index (χ2n) is 3.61. The quantitative estimate of drug-likeness (QED) is 0.511. The standard InChI is InChI=1S/C13H12BrNOS/c14-11-3-1-2-4-13(11)17-8-9-7-10(15)5-6-12(9)16/h1-7,16H,8,15H2. The molecule has 0 unspecified atom stereocenters. The molecule has 2 aromatic rings. The van der Waals surface area contributed by atoms with Crippen LogP contribution in [0, 0.1) is 0 Å². The number of hydrogen-bond acceptors (Lipinski definition) is 3. The number of hydrogen-bond donors (Lipinski definition) is 2. The number of aromatic hydroxyl groups is 1. The van der Waals surface area contributed by atoms with Crippen molar-refractivity contribution >= 4 is 33.4 Å². The highest BCUT2D eigenvalue weighted by atomic mass is 79.9. The molecule has 0 aliphatic carbocycles. The number of phenolic OH excluding ortho intramolecular Hbond substituents is 1. The summed E-state index contributed by atoms with van der Waals surface area (Å²) in [5.41, 5.74) is 7.22. The lowest BCUT2D eigenvalue weighted by atomic mass is 10.2. The number of nitrogen functional groups attached to an aromatic ring is 1. The minimum Gasteiger partial charge on any atom is -0.508 e. The molecule has 0 heterocycles. The van der Waals surface area contributed by atoms with Gasteiger partial charge < -0.3 is 10.8 Å². The van der Waals surface area contributed by atoms with Crippen LogP contribution in [0.2, 0.25) is 0 Å². The van der Waals surface area contributed by atoms with Crippen molar-refractivity contribution in [2.75, 3.05) is 5.73 Å². The van der Waals surface area contributed by atoms with Gasteiger partial charge in [-0.2, -0.15) is 0 Å². The molecular weight excluding hydrogens is 298 g/mol. The van der Waals surface area contributed by atoms with Gasteiger partial charge in [0.25, 0.3) is 0 Å². The van der Waals surface area contributed by atoms with Gasteiger partial charge in [-0.15, -0.1) is 11.8 Å². The first kappa shape index (κ1) is 12.3. The molecule has 0 amide bonds. The number of nitrogens with two attached hydrogens (primary N) is 1. The van der Waals surface area contributed by atoms with E-state index in [1.54, 1.807) is 30.0 Å². The van der Waals surface area contributed by atoms with E-state index >= 15 is 0 Å². The Hall–Kier alpha value is -1.13. The zero-order chi connectivity index (χ0) is 12.3. The summed E-state index contributed by atoms with van der Waals surface area (Å²) in [6.45, 7) is 0. The minimum atomic E-state index is 0.291. The van der Waals surface area contributed by atoms with E-state index in [0.717, 1.165) is 14.9 Å². The molecule has 0 atom stereocenters. The molecule has 0 fully saturated rings. The van der Waals surface area contributed by atoms with Gasteiger partial charge in [-0.05, 0) is 46.3 Å². The first-order chi connectivity index (χ1) is 8.16. The van der Waals surface area contributed by atoms with E-state index < -0.39 is 0 Å². The van der Waals surface area contributed by atoms with E-state index in [1.807, 2.05) is 24.3 Å². The molecule has 0 aliphatic rings. The highest BCUT2D eigenvalue weighted by molar-refractivity contribution is 9.10. The third-order valence-corrected chi connectivity index (χ3v) is 4.40. The lowest BCUT2D eigenvalue weighted by Gasteiger charge is -2.07. The molecule has 0 aromatic heterocycles. The number of rotatable bonds is 3. The summed E-state index contributed by atoms with van der Waals surface area (Å²) in [4.78, 5) is 1.15. The Balaban J connectivity index is 2.12. The maximum Gasteiger partial charge on any atom is 0.119 e. The molecule has 0 bridgehead atoms. The van der Waals surface area contributed by atoms with Gasteiger partial charge in [0.05, 0.1) is 0 Å². The molecule has 4 heteroatoms. The fraction of sp³-hybridized carbons (Fsp3) is 0.0769. The third-order valence-electron chi connectivity index (χ3n) is 2.32. The van der Waals surface area contributed by atoms with Crippen molar-refractivity contribution in [3.63, 3.8) is 0 Å². The first-order valence-corrected chi connectivity index (χ1v) is 6.89. The third kappa shape index (κ3) is 3.17. The van der Waals surface area contributed by atoms with Gasteiger partial charge in [-0.1, -0.05) is 12.1 Å². The molecule has 0 saturated carbocycles. The van der Waals surface area contributed by atoms with E-state index in [9.17, 15) is 5.11 Å². The topological polar surface area (TPSA) is 46.2 Å². The summed E-state index contributed by atoms with van der Waals surface area (Å²) in [6.07, 6.45) is 0. The maximum atomic E-state index is 9.70. The van der Waals surface area contributed by atoms with Gasteiger partial charge >= 0.3 is 0 Å². The molecule has 3 N–H and O–H groups in total. The van der Waals surface area contributed by atoms with Crippen LogP contribution in [0.4, 0.5) is 5.69 Å². The molecule has 2 aromatic carbocycles. The van der Waals surface area contributed by atoms with Gasteiger partial charge in [-0.3, -0.25) is 0 Å². The van der Waals surface area contributed by atoms with Gasteiger partial charge in [0.2, 0.25) is 0 Å². The van der Waals surface area contributed by atoms with Crippen LogP contribution in [-0.4, -0.2) is 5.11 Å².